The third-order valence-corrected chi connectivity index (χ3v) is 3.14. The van der Waals surface area contributed by atoms with E-state index in [2.05, 4.69) is 31.3 Å². The number of hydrogen-bond acceptors (Lipinski definition) is 3. The van der Waals surface area contributed by atoms with E-state index >= 15 is 0 Å². The van der Waals surface area contributed by atoms with Crippen LogP contribution in [-0.4, -0.2) is 26.8 Å². The van der Waals surface area contributed by atoms with E-state index < -0.39 is 0 Å². The first-order valence-electron chi connectivity index (χ1n) is 7.32. The summed E-state index contributed by atoms with van der Waals surface area (Å²) in [5, 5.41) is 3.33. The first-order chi connectivity index (χ1) is 9.31. The van der Waals surface area contributed by atoms with Crippen LogP contribution in [0.15, 0.2) is 18.2 Å². The van der Waals surface area contributed by atoms with Gasteiger partial charge < -0.3 is 14.8 Å². The maximum Gasteiger partial charge on any atom is 0.161 e. The van der Waals surface area contributed by atoms with Gasteiger partial charge in [0.25, 0.3) is 0 Å². The molecule has 0 aromatic heterocycles. The van der Waals surface area contributed by atoms with Crippen LogP contribution in [-0.2, 0) is 6.42 Å². The molecule has 1 aromatic rings. The van der Waals surface area contributed by atoms with Gasteiger partial charge in [-0.15, -0.1) is 0 Å². The lowest BCUT2D eigenvalue weighted by molar-refractivity contribution is 0.285. The Hall–Kier alpha value is -1.22. The molecule has 3 heteroatoms. The van der Waals surface area contributed by atoms with Crippen molar-refractivity contribution in [3.05, 3.63) is 23.8 Å². The number of ether oxygens (including phenoxy) is 2. The summed E-state index contributed by atoms with van der Waals surface area (Å²) in [4.78, 5) is 0. The topological polar surface area (TPSA) is 30.5 Å². The van der Waals surface area contributed by atoms with Gasteiger partial charge in [0.05, 0.1) is 13.7 Å². The Kier molecular flexibility index (Phi) is 8.07. The van der Waals surface area contributed by atoms with E-state index in [1.165, 1.54) is 18.4 Å². The second-order valence-electron chi connectivity index (χ2n) is 4.60. The molecule has 0 aliphatic rings. The van der Waals surface area contributed by atoms with Gasteiger partial charge in [0.2, 0.25) is 0 Å². The summed E-state index contributed by atoms with van der Waals surface area (Å²) in [5.41, 5.74) is 1.27. The Morgan fingerprint density at radius 3 is 2.58 bits per heavy atom. The summed E-state index contributed by atoms with van der Waals surface area (Å²) in [6.45, 7) is 7.19. The molecule has 0 radical (unpaired) electrons. The fraction of sp³-hybridized carbons (Fsp3) is 0.625. The summed E-state index contributed by atoms with van der Waals surface area (Å²) in [6.07, 6.45) is 4.51. The molecule has 0 saturated heterocycles. The van der Waals surface area contributed by atoms with E-state index in [4.69, 9.17) is 9.47 Å². The number of nitrogens with one attached hydrogen (secondary N) is 1. The third kappa shape index (κ3) is 5.97. The van der Waals surface area contributed by atoms with Crippen LogP contribution in [0.25, 0.3) is 0 Å². The quantitative estimate of drug-likeness (QED) is 0.658. The van der Waals surface area contributed by atoms with Crippen LogP contribution in [0, 0.1) is 0 Å². The Labute approximate surface area is 117 Å². The van der Waals surface area contributed by atoms with Gasteiger partial charge in [-0.1, -0.05) is 19.9 Å². The normalized spacial score (nSPS) is 10.5. The van der Waals surface area contributed by atoms with E-state index in [1.54, 1.807) is 7.11 Å². The number of unbranched alkanes of at least 4 members (excludes halogenated alkanes) is 2. The second-order valence-corrected chi connectivity index (χ2v) is 4.60. The van der Waals surface area contributed by atoms with E-state index in [9.17, 15) is 0 Å². The van der Waals surface area contributed by atoms with Gasteiger partial charge in [0.15, 0.2) is 11.5 Å². The maximum absolute atomic E-state index is 5.79. The van der Waals surface area contributed by atoms with Crippen molar-refractivity contribution in [2.75, 3.05) is 26.8 Å². The van der Waals surface area contributed by atoms with Gasteiger partial charge in [-0.05, 0) is 56.5 Å². The molecule has 0 aliphatic heterocycles. The molecule has 1 rings (SSSR count). The van der Waals surface area contributed by atoms with Crippen molar-refractivity contribution in [1.29, 1.82) is 0 Å². The Morgan fingerprint density at radius 1 is 1.05 bits per heavy atom. The minimum Gasteiger partial charge on any atom is -0.493 e. The Bertz CT molecular complexity index is 353. The monoisotopic (exact) mass is 265 g/mol. The van der Waals surface area contributed by atoms with Gasteiger partial charge in [-0.2, -0.15) is 0 Å². The zero-order valence-corrected chi connectivity index (χ0v) is 12.5. The van der Waals surface area contributed by atoms with Gasteiger partial charge in [-0.3, -0.25) is 0 Å². The summed E-state index contributed by atoms with van der Waals surface area (Å²) >= 11 is 0. The molecule has 0 unspecified atom stereocenters. The van der Waals surface area contributed by atoms with Crippen LogP contribution in [0.4, 0.5) is 0 Å². The van der Waals surface area contributed by atoms with E-state index in [0.717, 1.165) is 44.0 Å². The molecule has 0 amide bonds. The fourth-order valence-electron chi connectivity index (χ4n) is 1.94. The molecule has 1 N–H and O–H groups in total. The van der Waals surface area contributed by atoms with Gasteiger partial charge in [0, 0.05) is 0 Å². The highest BCUT2D eigenvalue weighted by Crippen LogP contribution is 2.28. The molecule has 108 valence electrons. The molecule has 19 heavy (non-hydrogen) atoms. The first-order valence-corrected chi connectivity index (χ1v) is 7.32. The summed E-state index contributed by atoms with van der Waals surface area (Å²) in [6, 6.07) is 6.17. The maximum atomic E-state index is 5.79. The summed E-state index contributed by atoms with van der Waals surface area (Å²) in [5.74, 6) is 1.69. The largest absolute Gasteiger partial charge is 0.493 e. The highest BCUT2D eigenvalue weighted by Gasteiger charge is 2.04. The molecule has 0 spiro atoms. The summed E-state index contributed by atoms with van der Waals surface area (Å²) < 4.78 is 11.2. The van der Waals surface area contributed by atoms with Crippen LogP contribution in [0.2, 0.25) is 0 Å². The van der Waals surface area contributed by atoms with Crippen LogP contribution in [0.1, 0.15) is 38.7 Å². The number of benzene rings is 1. The van der Waals surface area contributed by atoms with Gasteiger partial charge in [0.1, 0.15) is 0 Å². The predicted molar refractivity (Wildman–Crippen MR) is 80.3 cm³/mol. The number of rotatable bonds is 10. The van der Waals surface area contributed by atoms with E-state index in [1.807, 2.05) is 6.07 Å². The SMILES string of the molecule is CCNCCCCCOc1ccc(CC)cc1OC. The smallest absolute Gasteiger partial charge is 0.161 e. The highest BCUT2D eigenvalue weighted by molar-refractivity contribution is 5.42. The lowest BCUT2D eigenvalue weighted by Gasteiger charge is -2.11. The minimum atomic E-state index is 0.758. The van der Waals surface area contributed by atoms with Crippen molar-refractivity contribution in [2.24, 2.45) is 0 Å². The van der Waals surface area contributed by atoms with Crippen LogP contribution < -0.4 is 14.8 Å². The lowest BCUT2D eigenvalue weighted by Crippen LogP contribution is -2.14. The zero-order chi connectivity index (χ0) is 13.9. The van der Waals surface area contributed by atoms with Gasteiger partial charge >= 0.3 is 0 Å². The average Bonchev–Trinajstić information content (AvgIpc) is 2.46. The van der Waals surface area contributed by atoms with Crippen molar-refractivity contribution in [3.63, 3.8) is 0 Å². The van der Waals surface area contributed by atoms with Crippen molar-refractivity contribution in [1.82, 2.24) is 5.32 Å². The molecule has 0 atom stereocenters. The first kappa shape index (κ1) is 15.8. The molecular weight excluding hydrogens is 238 g/mol. The van der Waals surface area contributed by atoms with Crippen molar-refractivity contribution < 1.29 is 9.47 Å². The van der Waals surface area contributed by atoms with Gasteiger partial charge in [-0.25, -0.2) is 0 Å². The molecule has 0 bridgehead atoms. The molecule has 0 saturated carbocycles. The number of aryl methyl sites for hydroxylation is 1. The predicted octanol–water partition coefficient (Wildman–Crippen LogP) is 3.42. The Balaban J connectivity index is 2.28. The van der Waals surface area contributed by atoms with Crippen LogP contribution >= 0.6 is 0 Å². The van der Waals surface area contributed by atoms with Crippen molar-refractivity contribution in [2.45, 2.75) is 39.5 Å². The van der Waals surface area contributed by atoms with Crippen molar-refractivity contribution in [3.8, 4) is 11.5 Å². The van der Waals surface area contributed by atoms with Crippen molar-refractivity contribution >= 4 is 0 Å². The average molecular weight is 265 g/mol. The van der Waals surface area contributed by atoms with E-state index in [-0.39, 0.29) is 0 Å². The molecule has 3 nitrogen and oxygen atoms in total. The minimum absolute atomic E-state index is 0.758. The number of hydrogen-bond donors (Lipinski definition) is 1. The molecule has 0 fully saturated rings. The zero-order valence-electron chi connectivity index (χ0n) is 12.5. The summed E-state index contributed by atoms with van der Waals surface area (Å²) in [7, 11) is 1.69. The molecule has 0 aliphatic carbocycles. The number of methoxy groups -OCH3 is 1. The standard InChI is InChI=1S/C16H27NO2/c1-4-14-9-10-15(16(13-14)18-3)19-12-8-6-7-11-17-5-2/h9-10,13,17H,4-8,11-12H2,1-3H3. The fourth-order valence-corrected chi connectivity index (χ4v) is 1.94. The molecular formula is C16H27NO2. The Morgan fingerprint density at radius 2 is 1.89 bits per heavy atom. The lowest BCUT2D eigenvalue weighted by atomic mass is 10.1. The molecule has 0 heterocycles. The third-order valence-electron chi connectivity index (χ3n) is 3.14. The highest BCUT2D eigenvalue weighted by atomic mass is 16.5. The van der Waals surface area contributed by atoms with E-state index in [0.29, 0.717) is 0 Å². The van der Waals surface area contributed by atoms with Crippen LogP contribution in [0.3, 0.4) is 0 Å². The molecule has 1 aromatic carbocycles. The van der Waals surface area contributed by atoms with Crippen LogP contribution in [0.5, 0.6) is 11.5 Å². The second kappa shape index (κ2) is 9.68.